The molecular formula is C25H30N4O2. The van der Waals surface area contributed by atoms with Gasteiger partial charge in [0.05, 0.1) is 17.5 Å². The van der Waals surface area contributed by atoms with E-state index >= 15 is 0 Å². The first-order valence-electron chi connectivity index (χ1n) is 11.0. The Kier molecular flexibility index (Phi) is 6.18. The Bertz CT molecular complexity index is 1130. The van der Waals surface area contributed by atoms with Gasteiger partial charge in [-0.25, -0.2) is 4.68 Å². The molecule has 4 rings (SSSR count). The summed E-state index contributed by atoms with van der Waals surface area (Å²) in [5, 5.41) is 5.75. The Morgan fingerprint density at radius 3 is 2.26 bits per heavy atom. The van der Waals surface area contributed by atoms with E-state index in [2.05, 4.69) is 48.1 Å². The fourth-order valence-corrected chi connectivity index (χ4v) is 4.18. The highest BCUT2D eigenvalue weighted by molar-refractivity contribution is 5.88. The topological polar surface area (TPSA) is 58.4 Å². The van der Waals surface area contributed by atoms with Crippen LogP contribution in [0.15, 0.2) is 53.3 Å². The lowest BCUT2D eigenvalue weighted by molar-refractivity contribution is -0.132. The normalized spacial score (nSPS) is 15.0. The summed E-state index contributed by atoms with van der Waals surface area (Å²) in [5.41, 5.74) is 3.20. The van der Waals surface area contributed by atoms with Crippen LogP contribution in [0.5, 0.6) is 0 Å². The quantitative estimate of drug-likeness (QED) is 0.639. The van der Waals surface area contributed by atoms with Crippen molar-refractivity contribution < 1.29 is 4.79 Å². The number of piperazine rings is 1. The van der Waals surface area contributed by atoms with Gasteiger partial charge in [-0.1, -0.05) is 56.3 Å². The summed E-state index contributed by atoms with van der Waals surface area (Å²) in [6.45, 7) is 8.47. The predicted molar refractivity (Wildman–Crippen MR) is 123 cm³/mol. The van der Waals surface area contributed by atoms with E-state index in [0.29, 0.717) is 30.1 Å². The highest BCUT2D eigenvalue weighted by atomic mass is 16.2. The molecule has 0 radical (unpaired) electrons. The molecule has 0 spiro atoms. The third-order valence-corrected chi connectivity index (χ3v) is 6.13. The van der Waals surface area contributed by atoms with Gasteiger partial charge in [0.1, 0.15) is 0 Å². The molecule has 1 aliphatic rings. The number of aromatic nitrogens is 2. The Balaban J connectivity index is 1.37. The van der Waals surface area contributed by atoms with Gasteiger partial charge in [0.25, 0.3) is 5.56 Å². The standard InChI is InChI=1S/C25H30N4O2/c1-18(2)20-10-8-19(9-11-20)17-28-12-14-29(15-13-28)24(30)16-23-21-6-4-5-7-22(21)25(31)27(3)26-23/h4-11,18H,12-17H2,1-3H3. The van der Waals surface area contributed by atoms with E-state index < -0.39 is 0 Å². The third-order valence-electron chi connectivity index (χ3n) is 6.13. The van der Waals surface area contributed by atoms with E-state index in [1.165, 1.54) is 15.8 Å². The van der Waals surface area contributed by atoms with Crippen molar-refractivity contribution in [1.82, 2.24) is 19.6 Å². The highest BCUT2D eigenvalue weighted by Gasteiger charge is 2.22. The first-order valence-corrected chi connectivity index (χ1v) is 11.0. The summed E-state index contributed by atoms with van der Waals surface area (Å²) in [6, 6.07) is 16.2. The molecule has 1 fully saturated rings. The maximum Gasteiger partial charge on any atom is 0.274 e. The van der Waals surface area contributed by atoms with E-state index in [9.17, 15) is 9.59 Å². The van der Waals surface area contributed by atoms with Crippen molar-refractivity contribution in [3.63, 3.8) is 0 Å². The zero-order valence-electron chi connectivity index (χ0n) is 18.5. The Labute approximate surface area is 183 Å². The Morgan fingerprint density at radius 2 is 1.61 bits per heavy atom. The van der Waals surface area contributed by atoms with Crippen LogP contribution in [0.4, 0.5) is 0 Å². The molecule has 2 aromatic carbocycles. The van der Waals surface area contributed by atoms with Crippen molar-refractivity contribution in [2.45, 2.75) is 32.7 Å². The van der Waals surface area contributed by atoms with E-state index in [-0.39, 0.29) is 17.9 Å². The summed E-state index contributed by atoms with van der Waals surface area (Å²) >= 11 is 0. The predicted octanol–water partition coefficient (Wildman–Crippen LogP) is 2.94. The molecule has 2 heterocycles. The molecule has 1 saturated heterocycles. The Hall–Kier alpha value is -2.99. The van der Waals surface area contributed by atoms with Crippen molar-refractivity contribution in [1.29, 1.82) is 0 Å². The van der Waals surface area contributed by atoms with Crippen LogP contribution < -0.4 is 5.56 Å². The molecule has 0 aliphatic carbocycles. The molecule has 0 unspecified atom stereocenters. The minimum atomic E-state index is -0.137. The van der Waals surface area contributed by atoms with E-state index in [1.807, 2.05) is 23.1 Å². The first-order chi connectivity index (χ1) is 14.9. The number of rotatable bonds is 5. The van der Waals surface area contributed by atoms with Crippen LogP contribution in [0.3, 0.4) is 0 Å². The van der Waals surface area contributed by atoms with Crippen LogP contribution in [0.1, 0.15) is 36.6 Å². The van der Waals surface area contributed by atoms with Crippen LogP contribution in [0, 0.1) is 0 Å². The second kappa shape index (κ2) is 9.02. The van der Waals surface area contributed by atoms with Gasteiger partial charge in [-0.15, -0.1) is 0 Å². The molecule has 6 heteroatoms. The van der Waals surface area contributed by atoms with Gasteiger partial charge in [0, 0.05) is 45.2 Å². The maximum absolute atomic E-state index is 13.0. The average Bonchev–Trinajstić information content (AvgIpc) is 2.78. The number of nitrogens with zero attached hydrogens (tertiary/aromatic N) is 4. The number of aryl methyl sites for hydroxylation is 1. The lowest BCUT2D eigenvalue weighted by atomic mass is 10.0. The average molecular weight is 419 g/mol. The zero-order valence-corrected chi connectivity index (χ0v) is 18.5. The minimum Gasteiger partial charge on any atom is -0.340 e. The summed E-state index contributed by atoms with van der Waals surface area (Å²) in [7, 11) is 1.63. The highest BCUT2D eigenvalue weighted by Crippen LogP contribution is 2.17. The van der Waals surface area contributed by atoms with Crippen LogP contribution in [0.25, 0.3) is 10.8 Å². The van der Waals surface area contributed by atoms with Crippen molar-refractivity contribution in [3.8, 4) is 0 Å². The van der Waals surface area contributed by atoms with Crippen molar-refractivity contribution in [2.75, 3.05) is 26.2 Å². The van der Waals surface area contributed by atoms with Gasteiger partial charge in [-0.05, 0) is 23.1 Å². The molecule has 3 aromatic rings. The minimum absolute atomic E-state index is 0.0669. The van der Waals surface area contributed by atoms with E-state index in [4.69, 9.17) is 0 Å². The second-order valence-electron chi connectivity index (χ2n) is 8.65. The van der Waals surface area contributed by atoms with Gasteiger partial charge < -0.3 is 4.90 Å². The summed E-state index contributed by atoms with van der Waals surface area (Å²) in [4.78, 5) is 29.6. The van der Waals surface area contributed by atoms with Gasteiger partial charge in [0.2, 0.25) is 5.91 Å². The van der Waals surface area contributed by atoms with Crippen molar-refractivity contribution in [2.24, 2.45) is 7.05 Å². The molecule has 31 heavy (non-hydrogen) atoms. The van der Waals surface area contributed by atoms with E-state index in [0.717, 1.165) is 25.0 Å². The van der Waals surface area contributed by atoms with Gasteiger partial charge in [-0.2, -0.15) is 5.10 Å². The molecule has 0 bridgehead atoms. The fourth-order valence-electron chi connectivity index (χ4n) is 4.18. The van der Waals surface area contributed by atoms with Crippen LogP contribution in [-0.2, 0) is 24.8 Å². The molecule has 6 nitrogen and oxygen atoms in total. The second-order valence-corrected chi connectivity index (χ2v) is 8.65. The molecule has 1 aromatic heterocycles. The molecule has 0 saturated carbocycles. The monoisotopic (exact) mass is 418 g/mol. The summed E-state index contributed by atoms with van der Waals surface area (Å²) in [5.74, 6) is 0.611. The molecule has 1 aliphatic heterocycles. The number of hydrogen-bond donors (Lipinski definition) is 0. The SMILES string of the molecule is CC(C)c1ccc(CN2CCN(C(=O)Cc3nn(C)c(=O)c4ccccc34)CC2)cc1. The van der Waals surface area contributed by atoms with Gasteiger partial charge in [0.15, 0.2) is 0 Å². The van der Waals surface area contributed by atoms with Crippen molar-refractivity contribution >= 4 is 16.7 Å². The smallest absolute Gasteiger partial charge is 0.274 e. The zero-order chi connectivity index (χ0) is 22.0. The molecule has 1 amide bonds. The number of benzene rings is 2. The lowest BCUT2D eigenvalue weighted by Gasteiger charge is -2.34. The van der Waals surface area contributed by atoms with Gasteiger partial charge in [-0.3, -0.25) is 14.5 Å². The first kappa shape index (κ1) is 21.2. The number of carbonyl (C=O) groups excluding carboxylic acids is 1. The number of fused-ring (bicyclic) bond motifs is 1. The Morgan fingerprint density at radius 1 is 0.968 bits per heavy atom. The van der Waals surface area contributed by atoms with Gasteiger partial charge >= 0.3 is 0 Å². The van der Waals surface area contributed by atoms with Crippen LogP contribution in [-0.4, -0.2) is 51.7 Å². The molecule has 0 N–H and O–H groups in total. The number of hydrogen-bond acceptors (Lipinski definition) is 4. The molecule has 162 valence electrons. The number of carbonyl (C=O) groups is 1. The summed E-state index contributed by atoms with van der Waals surface area (Å²) < 4.78 is 1.33. The van der Waals surface area contributed by atoms with E-state index in [1.54, 1.807) is 13.1 Å². The lowest BCUT2D eigenvalue weighted by Crippen LogP contribution is -2.48. The molecule has 0 atom stereocenters. The summed E-state index contributed by atoms with van der Waals surface area (Å²) in [6.07, 6.45) is 0.214. The largest absolute Gasteiger partial charge is 0.340 e. The third kappa shape index (κ3) is 4.69. The fraction of sp³-hybridized carbons (Fsp3) is 0.400. The van der Waals surface area contributed by atoms with Crippen LogP contribution >= 0.6 is 0 Å². The number of amides is 1. The maximum atomic E-state index is 13.0. The van der Waals surface area contributed by atoms with Crippen molar-refractivity contribution in [3.05, 3.63) is 75.7 Å². The van der Waals surface area contributed by atoms with Crippen LogP contribution in [0.2, 0.25) is 0 Å². The molecular weight excluding hydrogens is 388 g/mol.